The van der Waals surface area contributed by atoms with E-state index in [0.717, 1.165) is 0 Å². The van der Waals surface area contributed by atoms with Crippen LogP contribution in [-0.2, 0) is 6.54 Å². The summed E-state index contributed by atoms with van der Waals surface area (Å²) in [5.41, 5.74) is -0.265. The first-order valence-corrected chi connectivity index (χ1v) is 6.24. The zero-order valence-electron chi connectivity index (χ0n) is 9.68. The van der Waals surface area contributed by atoms with Crippen LogP contribution < -0.4 is 10.4 Å². The molecule has 0 aliphatic heterocycles. The fourth-order valence-corrected chi connectivity index (χ4v) is 2.55. The fraction of sp³-hybridized carbons (Fsp3) is 0.333. The normalized spacial score (nSPS) is 10.6. The average molecular weight is 288 g/mol. The van der Waals surface area contributed by atoms with Crippen LogP contribution in [0.2, 0.25) is 5.15 Å². The Morgan fingerprint density at radius 2 is 2.33 bits per heavy atom. The van der Waals surface area contributed by atoms with E-state index < -0.39 is 0 Å². The Kier molecular flexibility index (Phi) is 3.87. The van der Waals surface area contributed by atoms with Gasteiger partial charge in [0.05, 0.1) is 7.11 Å². The van der Waals surface area contributed by atoms with Gasteiger partial charge in [-0.15, -0.1) is 5.10 Å². The highest BCUT2D eigenvalue weighted by atomic mass is 35.5. The second-order valence-corrected chi connectivity index (χ2v) is 4.47. The highest BCUT2D eigenvalue weighted by molar-refractivity contribution is 7.99. The van der Waals surface area contributed by atoms with Crippen molar-refractivity contribution >= 4 is 23.4 Å². The van der Waals surface area contributed by atoms with E-state index in [1.54, 1.807) is 0 Å². The Labute approximate surface area is 112 Å². The Morgan fingerprint density at radius 1 is 1.56 bits per heavy atom. The zero-order valence-corrected chi connectivity index (χ0v) is 11.2. The van der Waals surface area contributed by atoms with Crippen molar-refractivity contribution in [2.75, 3.05) is 7.11 Å². The predicted octanol–water partition coefficient (Wildman–Crippen LogP) is 1.19. The molecular weight excluding hydrogens is 278 g/mol. The molecule has 0 atom stereocenters. The molecule has 0 spiro atoms. The predicted molar refractivity (Wildman–Crippen MR) is 66.2 cm³/mol. The third-order valence-corrected chi connectivity index (χ3v) is 3.41. The smallest absolute Gasteiger partial charge is 0.343 e. The van der Waals surface area contributed by atoms with Gasteiger partial charge in [-0.1, -0.05) is 11.6 Å². The van der Waals surface area contributed by atoms with Crippen LogP contribution in [0.3, 0.4) is 0 Å². The molecule has 2 aromatic rings. The minimum atomic E-state index is -0.265. The van der Waals surface area contributed by atoms with Gasteiger partial charge >= 0.3 is 5.69 Å². The van der Waals surface area contributed by atoms with Crippen molar-refractivity contribution in [2.45, 2.75) is 23.7 Å². The van der Waals surface area contributed by atoms with Gasteiger partial charge in [-0.3, -0.25) is 4.57 Å². The Bertz CT molecular complexity index is 611. The lowest BCUT2D eigenvalue weighted by molar-refractivity contribution is 0.398. The number of hydrogen-bond donors (Lipinski definition) is 1. The van der Waals surface area contributed by atoms with Crippen molar-refractivity contribution in [3.05, 3.63) is 22.0 Å². The first-order valence-electron chi connectivity index (χ1n) is 5.05. The number of ether oxygens (including phenoxy) is 1. The summed E-state index contributed by atoms with van der Waals surface area (Å²) >= 11 is 7.07. The van der Waals surface area contributed by atoms with Crippen molar-refractivity contribution < 1.29 is 4.74 Å². The summed E-state index contributed by atoms with van der Waals surface area (Å²) in [6, 6.07) is 0. The van der Waals surface area contributed by atoms with E-state index in [9.17, 15) is 4.79 Å². The lowest BCUT2D eigenvalue weighted by atomic mass is 10.6. The quantitative estimate of drug-likeness (QED) is 0.850. The van der Waals surface area contributed by atoms with Crippen molar-refractivity contribution in [2.24, 2.45) is 0 Å². The van der Waals surface area contributed by atoms with Crippen LogP contribution in [0, 0.1) is 0 Å². The van der Waals surface area contributed by atoms with Crippen LogP contribution in [0.25, 0.3) is 0 Å². The third kappa shape index (κ3) is 2.34. The lowest BCUT2D eigenvalue weighted by Crippen LogP contribution is -2.16. The highest BCUT2D eigenvalue weighted by Gasteiger charge is 2.15. The molecule has 2 aromatic heterocycles. The molecule has 0 saturated carbocycles. The molecule has 0 radical (unpaired) electrons. The first kappa shape index (κ1) is 12.9. The Balaban J connectivity index is 2.40. The number of H-pyrrole nitrogens is 1. The van der Waals surface area contributed by atoms with Gasteiger partial charge in [0, 0.05) is 6.54 Å². The number of nitrogens with zero attached hydrogens (tertiary/aromatic N) is 4. The molecule has 0 amide bonds. The highest BCUT2D eigenvalue weighted by Crippen LogP contribution is 2.34. The minimum absolute atomic E-state index is 0.218. The number of hydrogen-bond acceptors (Lipinski definition) is 6. The van der Waals surface area contributed by atoms with Gasteiger partial charge in [-0.25, -0.2) is 19.9 Å². The second kappa shape index (κ2) is 5.40. The summed E-state index contributed by atoms with van der Waals surface area (Å²) in [4.78, 5) is 19.3. The monoisotopic (exact) mass is 287 g/mol. The van der Waals surface area contributed by atoms with E-state index in [2.05, 4.69) is 20.2 Å². The second-order valence-electron chi connectivity index (χ2n) is 3.16. The summed E-state index contributed by atoms with van der Waals surface area (Å²) in [5, 5.41) is 7.52. The minimum Gasteiger partial charge on any atom is -0.491 e. The summed E-state index contributed by atoms with van der Waals surface area (Å²) in [6.45, 7) is 2.37. The molecule has 0 aromatic carbocycles. The van der Waals surface area contributed by atoms with E-state index in [1.165, 1.54) is 29.8 Å². The largest absolute Gasteiger partial charge is 0.491 e. The molecule has 2 heterocycles. The molecular formula is C9H10ClN5O2S. The molecule has 0 saturated heterocycles. The number of nitrogens with one attached hydrogen (secondary N) is 1. The first-order chi connectivity index (χ1) is 8.67. The van der Waals surface area contributed by atoms with Gasteiger partial charge in [-0.2, -0.15) is 0 Å². The van der Waals surface area contributed by atoms with Gasteiger partial charge < -0.3 is 4.74 Å². The maximum atomic E-state index is 11.4. The van der Waals surface area contributed by atoms with Gasteiger partial charge in [0.2, 0.25) is 0 Å². The average Bonchev–Trinajstić information content (AvgIpc) is 2.70. The zero-order chi connectivity index (χ0) is 13.1. The summed E-state index contributed by atoms with van der Waals surface area (Å²) in [5.74, 6) is 0.363. The van der Waals surface area contributed by atoms with E-state index in [4.69, 9.17) is 16.3 Å². The number of aromatic nitrogens is 5. The van der Waals surface area contributed by atoms with Gasteiger partial charge in [0.15, 0.2) is 21.1 Å². The maximum absolute atomic E-state index is 11.4. The van der Waals surface area contributed by atoms with Crippen LogP contribution >= 0.6 is 23.4 Å². The van der Waals surface area contributed by atoms with Crippen LogP contribution in [-0.4, -0.2) is 31.8 Å². The molecule has 18 heavy (non-hydrogen) atoms. The van der Waals surface area contributed by atoms with Crippen LogP contribution in [0.5, 0.6) is 5.75 Å². The van der Waals surface area contributed by atoms with Crippen molar-refractivity contribution in [3.8, 4) is 5.75 Å². The van der Waals surface area contributed by atoms with Crippen molar-refractivity contribution in [1.29, 1.82) is 0 Å². The van der Waals surface area contributed by atoms with Crippen molar-refractivity contribution in [3.63, 3.8) is 0 Å². The molecule has 2 rings (SSSR count). The standard InChI is InChI=1S/C9H10ClN5O2S/c1-3-15-8(16)13-14-9(15)18-7-5(17-2)6(10)11-4-12-7/h4H,3H2,1-2H3,(H,13,16). The number of rotatable bonds is 4. The van der Waals surface area contributed by atoms with E-state index in [0.29, 0.717) is 22.5 Å². The van der Waals surface area contributed by atoms with E-state index in [1.807, 2.05) is 6.92 Å². The molecule has 0 bridgehead atoms. The fourth-order valence-electron chi connectivity index (χ4n) is 1.33. The van der Waals surface area contributed by atoms with Crippen LogP contribution in [0.4, 0.5) is 0 Å². The topological polar surface area (TPSA) is 85.7 Å². The Hall–Kier alpha value is -1.54. The summed E-state index contributed by atoms with van der Waals surface area (Å²) in [7, 11) is 1.48. The molecule has 9 heteroatoms. The van der Waals surface area contributed by atoms with E-state index in [-0.39, 0.29) is 10.8 Å². The van der Waals surface area contributed by atoms with E-state index >= 15 is 0 Å². The molecule has 7 nitrogen and oxygen atoms in total. The van der Waals surface area contributed by atoms with Gasteiger partial charge in [0.1, 0.15) is 6.33 Å². The third-order valence-electron chi connectivity index (χ3n) is 2.16. The lowest BCUT2D eigenvalue weighted by Gasteiger charge is -2.07. The summed E-state index contributed by atoms with van der Waals surface area (Å²) < 4.78 is 6.61. The number of aromatic amines is 1. The van der Waals surface area contributed by atoms with Crippen molar-refractivity contribution in [1.82, 2.24) is 24.7 Å². The summed E-state index contributed by atoms with van der Waals surface area (Å²) in [6.07, 6.45) is 1.33. The van der Waals surface area contributed by atoms with Gasteiger partial charge in [0.25, 0.3) is 0 Å². The number of halogens is 1. The molecule has 0 aliphatic rings. The van der Waals surface area contributed by atoms with Crippen LogP contribution in [0.1, 0.15) is 6.92 Å². The Morgan fingerprint density at radius 3 is 3.00 bits per heavy atom. The molecule has 0 unspecified atom stereocenters. The molecule has 1 N–H and O–H groups in total. The SMILES string of the molecule is CCn1c(Sc2ncnc(Cl)c2OC)n[nH]c1=O. The molecule has 0 aliphatic carbocycles. The van der Waals surface area contributed by atoms with Crippen LogP contribution in [0.15, 0.2) is 21.3 Å². The molecule has 96 valence electrons. The number of methoxy groups -OCH3 is 1. The molecule has 0 fully saturated rings. The van der Waals surface area contributed by atoms with Gasteiger partial charge in [-0.05, 0) is 18.7 Å². The maximum Gasteiger partial charge on any atom is 0.343 e.